The lowest BCUT2D eigenvalue weighted by molar-refractivity contribution is -0.116. The Morgan fingerprint density at radius 3 is 2.67 bits per heavy atom. The molecule has 5 heteroatoms. The van der Waals surface area contributed by atoms with Gasteiger partial charge in [0.25, 0.3) is 0 Å². The van der Waals surface area contributed by atoms with E-state index in [1.165, 1.54) is 6.07 Å². The van der Waals surface area contributed by atoms with Gasteiger partial charge in [-0.15, -0.1) is 0 Å². The van der Waals surface area contributed by atoms with Crippen LogP contribution in [0.5, 0.6) is 0 Å². The van der Waals surface area contributed by atoms with Gasteiger partial charge in [0, 0.05) is 10.9 Å². The average molecular weight is 317 g/mol. The summed E-state index contributed by atoms with van der Waals surface area (Å²) < 4.78 is 14.1. The van der Waals surface area contributed by atoms with Crippen LogP contribution < -0.4 is 11.1 Å². The van der Waals surface area contributed by atoms with Crippen molar-refractivity contribution in [3.05, 3.63) is 28.5 Å². The molecule has 0 aromatic heterocycles. The minimum absolute atomic E-state index is 0.149. The third-order valence-electron chi connectivity index (χ3n) is 2.56. The molecule has 1 rings (SSSR count). The van der Waals surface area contributed by atoms with Crippen LogP contribution in [0.15, 0.2) is 22.7 Å². The third kappa shape index (κ3) is 5.60. The summed E-state index contributed by atoms with van der Waals surface area (Å²) in [6.45, 7) is 0.691. The lowest BCUT2D eigenvalue weighted by Gasteiger charge is -2.06. The van der Waals surface area contributed by atoms with Crippen LogP contribution >= 0.6 is 15.9 Å². The van der Waals surface area contributed by atoms with Gasteiger partial charge < -0.3 is 11.1 Å². The first-order chi connectivity index (χ1) is 8.63. The van der Waals surface area contributed by atoms with Crippen LogP contribution in [-0.4, -0.2) is 12.5 Å². The average Bonchev–Trinajstić information content (AvgIpc) is 2.32. The second-order valence-electron chi connectivity index (χ2n) is 4.13. The number of unbranched alkanes of at least 4 members (excludes halogenated alkanes) is 3. The number of anilines is 1. The molecule has 3 nitrogen and oxygen atoms in total. The van der Waals surface area contributed by atoms with Crippen molar-refractivity contribution >= 4 is 27.5 Å². The fraction of sp³-hybridized carbons (Fsp3) is 0.462. The van der Waals surface area contributed by atoms with Crippen molar-refractivity contribution in [1.29, 1.82) is 0 Å². The van der Waals surface area contributed by atoms with Crippen molar-refractivity contribution < 1.29 is 9.18 Å². The SMILES string of the molecule is NCCCCCCC(=O)Nc1ccc(Br)cc1F. The summed E-state index contributed by atoms with van der Waals surface area (Å²) in [4.78, 5) is 11.6. The van der Waals surface area contributed by atoms with Gasteiger partial charge in [0.1, 0.15) is 5.82 Å². The van der Waals surface area contributed by atoms with Crippen LogP contribution in [0.3, 0.4) is 0 Å². The number of nitrogens with one attached hydrogen (secondary N) is 1. The number of hydrogen-bond acceptors (Lipinski definition) is 2. The van der Waals surface area contributed by atoms with E-state index < -0.39 is 5.82 Å². The van der Waals surface area contributed by atoms with Gasteiger partial charge in [-0.3, -0.25) is 4.79 Å². The summed E-state index contributed by atoms with van der Waals surface area (Å²) in [5.74, 6) is -0.579. The molecule has 1 aromatic carbocycles. The minimum Gasteiger partial charge on any atom is -0.330 e. The fourth-order valence-electron chi connectivity index (χ4n) is 1.59. The van der Waals surface area contributed by atoms with E-state index in [-0.39, 0.29) is 11.6 Å². The summed E-state index contributed by atoms with van der Waals surface area (Å²) in [7, 11) is 0. The minimum atomic E-state index is -0.430. The normalized spacial score (nSPS) is 10.4. The topological polar surface area (TPSA) is 55.1 Å². The molecule has 0 spiro atoms. The van der Waals surface area contributed by atoms with E-state index in [1.54, 1.807) is 12.1 Å². The largest absolute Gasteiger partial charge is 0.330 e. The zero-order chi connectivity index (χ0) is 13.4. The molecule has 0 atom stereocenters. The Morgan fingerprint density at radius 1 is 1.28 bits per heavy atom. The van der Waals surface area contributed by atoms with Crippen LogP contribution in [0, 0.1) is 5.82 Å². The summed E-state index contributed by atoms with van der Waals surface area (Å²) in [6, 6.07) is 4.57. The maximum atomic E-state index is 13.4. The van der Waals surface area contributed by atoms with Gasteiger partial charge in [-0.2, -0.15) is 0 Å². The first kappa shape index (κ1) is 15.1. The molecule has 0 aliphatic heterocycles. The van der Waals surface area contributed by atoms with E-state index in [1.807, 2.05) is 0 Å². The van der Waals surface area contributed by atoms with Crippen LogP contribution in [0.4, 0.5) is 10.1 Å². The first-order valence-electron chi connectivity index (χ1n) is 6.08. The van der Waals surface area contributed by atoms with E-state index in [4.69, 9.17) is 5.73 Å². The quantitative estimate of drug-likeness (QED) is 0.757. The van der Waals surface area contributed by atoms with E-state index in [9.17, 15) is 9.18 Å². The standard InChI is InChI=1S/C13H18BrFN2O/c14-10-6-7-12(11(15)9-10)17-13(18)5-3-1-2-4-8-16/h6-7,9H,1-5,8,16H2,(H,17,18). The van der Waals surface area contributed by atoms with Gasteiger partial charge in [0.15, 0.2) is 0 Å². The van der Waals surface area contributed by atoms with E-state index in [2.05, 4.69) is 21.2 Å². The molecular weight excluding hydrogens is 299 g/mol. The maximum Gasteiger partial charge on any atom is 0.224 e. The summed E-state index contributed by atoms with van der Waals surface area (Å²) >= 11 is 3.17. The predicted molar refractivity (Wildman–Crippen MR) is 74.9 cm³/mol. The molecule has 0 aliphatic carbocycles. The third-order valence-corrected chi connectivity index (χ3v) is 3.06. The van der Waals surface area contributed by atoms with Gasteiger partial charge >= 0.3 is 0 Å². The van der Waals surface area contributed by atoms with Crippen molar-refractivity contribution in [2.75, 3.05) is 11.9 Å². The van der Waals surface area contributed by atoms with Crippen LogP contribution in [0.25, 0.3) is 0 Å². The zero-order valence-electron chi connectivity index (χ0n) is 10.2. The van der Waals surface area contributed by atoms with Crippen LogP contribution in [0.2, 0.25) is 0 Å². The second kappa shape index (κ2) is 8.21. The highest BCUT2D eigenvalue weighted by molar-refractivity contribution is 9.10. The highest BCUT2D eigenvalue weighted by atomic mass is 79.9. The molecule has 0 fully saturated rings. The highest BCUT2D eigenvalue weighted by Crippen LogP contribution is 2.19. The number of halogens is 2. The van der Waals surface area contributed by atoms with E-state index in [0.29, 0.717) is 17.4 Å². The lowest BCUT2D eigenvalue weighted by Crippen LogP contribution is -2.12. The van der Waals surface area contributed by atoms with E-state index in [0.717, 1.165) is 25.7 Å². The van der Waals surface area contributed by atoms with Gasteiger partial charge in [0.2, 0.25) is 5.91 Å². The number of nitrogens with two attached hydrogens (primary N) is 1. The summed E-state index contributed by atoms with van der Waals surface area (Å²) in [5, 5.41) is 2.57. The smallest absolute Gasteiger partial charge is 0.224 e. The Morgan fingerprint density at radius 2 is 2.00 bits per heavy atom. The Kier molecular flexibility index (Phi) is 6.90. The number of carbonyl (C=O) groups is 1. The Bertz CT molecular complexity index is 399. The second-order valence-corrected chi connectivity index (χ2v) is 5.04. The number of amides is 1. The predicted octanol–water partition coefficient (Wildman–Crippen LogP) is 3.44. The molecule has 0 heterocycles. The van der Waals surface area contributed by atoms with Crippen molar-refractivity contribution in [2.24, 2.45) is 5.73 Å². The first-order valence-corrected chi connectivity index (χ1v) is 6.87. The molecule has 0 saturated heterocycles. The van der Waals surface area contributed by atoms with Gasteiger partial charge in [-0.1, -0.05) is 28.8 Å². The van der Waals surface area contributed by atoms with Gasteiger partial charge in [0.05, 0.1) is 5.69 Å². The summed E-state index contributed by atoms with van der Waals surface area (Å²) in [5.41, 5.74) is 5.60. The molecule has 0 unspecified atom stereocenters. The zero-order valence-corrected chi connectivity index (χ0v) is 11.8. The molecule has 1 aromatic rings. The van der Waals surface area contributed by atoms with E-state index >= 15 is 0 Å². The Hall–Kier alpha value is -0.940. The Balaban J connectivity index is 2.31. The van der Waals surface area contributed by atoms with Gasteiger partial charge in [-0.25, -0.2) is 4.39 Å². The van der Waals surface area contributed by atoms with Crippen molar-refractivity contribution in [3.8, 4) is 0 Å². The maximum absolute atomic E-state index is 13.4. The fourth-order valence-corrected chi connectivity index (χ4v) is 1.92. The molecule has 100 valence electrons. The molecule has 0 radical (unpaired) electrons. The highest BCUT2D eigenvalue weighted by Gasteiger charge is 2.06. The number of hydrogen-bond donors (Lipinski definition) is 2. The van der Waals surface area contributed by atoms with Crippen molar-refractivity contribution in [1.82, 2.24) is 0 Å². The molecule has 0 saturated carbocycles. The number of carbonyl (C=O) groups excluding carboxylic acids is 1. The van der Waals surface area contributed by atoms with Crippen molar-refractivity contribution in [2.45, 2.75) is 32.1 Å². The Labute approximate surface area is 115 Å². The molecule has 18 heavy (non-hydrogen) atoms. The van der Waals surface area contributed by atoms with Crippen molar-refractivity contribution in [3.63, 3.8) is 0 Å². The molecule has 1 amide bonds. The van der Waals surface area contributed by atoms with Crippen LogP contribution in [-0.2, 0) is 4.79 Å². The molecule has 0 aliphatic rings. The molecular formula is C13H18BrFN2O. The van der Waals surface area contributed by atoms with Gasteiger partial charge in [-0.05, 0) is 37.6 Å². The monoisotopic (exact) mass is 316 g/mol. The molecule has 3 N–H and O–H groups in total. The number of rotatable bonds is 7. The number of benzene rings is 1. The summed E-state index contributed by atoms with van der Waals surface area (Å²) in [6.07, 6.45) is 4.23. The lowest BCUT2D eigenvalue weighted by atomic mass is 10.1. The molecule has 0 bridgehead atoms. The van der Waals surface area contributed by atoms with Crippen LogP contribution in [0.1, 0.15) is 32.1 Å².